The Bertz CT molecular complexity index is 402. The van der Waals surface area contributed by atoms with Crippen molar-refractivity contribution in [2.45, 2.75) is 64.5 Å². The monoisotopic (exact) mass is 313 g/mol. The molecule has 0 amide bonds. The zero-order valence-electron chi connectivity index (χ0n) is 11.7. The van der Waals surface area contributed by atoms with Gasteiger partial charge in [-0.15, -0.1) is 0 Å². The summed E-state index contributed by atoms with van der Waals surface area (Å²) in [4.78, 5) is 0. The molecule has 2 rings (SSSR count). The lowest BCUT2D eigenvalue weighted by molar-refractivity contribution is 0.413. The molecule has 2 atom stereocenters. The smallest absolute Gasteiger partial charge is 0.0635 e. The highest BCUT2D eigenvalue weighted by atomic mass is 79.9. The maximum atomic E-state index is 4.46. The second kappa shape index (κ2) is 5.74. The van der Waals surface area contributed by atoms with Gasteiger partial charge in [0.2, 0.25) is 0 Å². The second-order valence-corrected chi connectivity index (χ2v) is 6.47. The minimum atomic E-state index is 0.261. The van der Waals surface area contributed by atoms with Crippen molar-refractivity contribution in [3.05, 3.63) is 16.4 Å². The van der Waals surface area contributed by atoms with Crippen molar-refractivity contribution >= 4 is 15.9 Å². The predicted octanol–water partition coefficient (Wildman–Crippen LogP) is 3.48. The molecule has 1 saturated carbocycles. The molecule has 0 radical (unpaired) electrons. The summed E-state index contributed by atoms with van der Waals surface area (Å²) in [5.74, 6) is 0. The van der Waals surface area contributed by atoms with E-state index in [1.807, 2.05) is 6.20 Å². The van der Waals surface area contributed by atoms with E-state index in [4.69, 9.17) is 0 Å². The molecule has 1 heterocycles. The van der Waals surface area contributed by atoms with Gasteiger partial charge in [-0.1, -0.05) is 13.8 Å². The van der Waals surface area contributed by atoms with Crippen LogP contribution in [-0.2, 0) is 12.0 Å². The van der Waals surface area contributed by atoms with E-state index in [1.54, 1.807) is 0 Å². The first-order chi connectivity index (χ1) is 8.60. The van der Waals surface area contributed by atoms with E-state index in [2.05, 4.69) is 51.8 Å². The molecule has 0 saturated heterocycles. The molecule has 1 N–H and O–H groups in total. The molecular formula is C14H24BrN3. The SMILES string of the molecule is CCCNC1CCC(C)(c2c(Br)cnn2CC)C1. The van der Waals surface area contributed by atoms with Gasteiger partial charge in [0.1, 0.15) is 0 Å². The number of aromatic nitrogens is 2. The molecule has 1 aromatic rings. The maximum absolute atomic E-state index is 4.46. The summed E-state index contributed by atoms with van der Waals surface area (Å²) < 4.78 is 3.31. The Kier molecular flexibility index (Phi) is 4.49. The van der Waals surface area contributed by atoms with E-state index in [0.29, 0.717) is 6.04 Å². The highest BCUT2D eigenvalue weighted by molar-refractivity contribution is 9.10. The summed E-state index contributed by atoms with van der Waals surface area (Å²) in [6.45, 7) is 8.85. The molecular weight excluding hydrogens is 290 g/mol. The molecule has 102 valence electrons. The highest BCUT2D eigenvalue weighted by Crippen LogP contribution is 2.43. The van der Waals surface area contributed by atoms with Crippen molar-refractivity contribution in [2.75, 3.05) is 6.54 Å². The van der Waals surface area contributed by atoms with Crippen molar-refractivity contribution in [1.82, 2.24) is 15.1 Å². The Morgan fingerprint density at radius 1 is 1.56 bits per heavy atom. The van der Waals surface area contributed by atoms with Crippen LogP contribution in [0.4, 0.5) is 0 Å². The first-order valence-electron chi connectivity index (χ1n) is 7.06. The summed E-state index contributed by atoms with van der Waals surface area (Å²) in [5.41, 5.74) is 1.64. The van der Waals surface area contributed by atoms with Gasteiger partial charge in [0.15, 0.2) is 0 Å². The zero-order chi connectivity index (χ0) is 13.2. The van der Waals surface area contributed by atoms with Gasteiger partial charge in [-0.25, -0.2) is 0 Å². The fourth-order valence-corrected chi connectivity index (χ4v) is 3.96. The lowest BCUT2D eigenvalue weighted by Gasteiger charge is -2.26. The van der Waals surface area contributed by atoms with E-state index < -0.39 is 0 Å². The minimum Gasteiger partial charge on any atom is -0.314 e. The van der Waals surface area contributed by atoms with Crippen LogP contribution in [0.15, 0.2) is 10.7 Å². The van der Waals surface area contributed by atoms with Gasteiger partial charge in [-0.2, -0.15) is 5.10 Å². The molecule has 0 aromatic carbocycles. The summed E-state index contributed by atoms with van der Waals surface area (Å²) >= 11 is 3.67. The Balaban J connectivity index is 2.15. The molecule has 4 heteroatoms. The lowest BCUT2D eigenvalue weighted by atomic mass is 9.84. The van der Waals surface area contributed by atoms with Gasteiger partial charge in [0.05, 0.1) is 16.4 Å². The first-order valence-corrected chi connectivity index (χ1v) is 7.85. The molecule has 2 unspecified atom stereocenters. The van der Waals surface area contributed by atoms with Gasteiger partial charge in [-0.05, 0) is 55.1 Å². The average Bonchev–Trinajstić information content (AvgIpc) is 2.91. The van der Waals surface area contributed by atoms with Crippen LogP contribution in [0.2, 0.25) is 0 Å². The van der Waals surface area contributed by atoms with Gasteiger partial charge in [0, 0.05) is 18.0 Å². The van der Waals surface area contributed by atoms with Crippen LogP contribution in [0.5, 0.6) is 0 Å². The third-order valence-corrected chi connectivity index (χ3v) is 4.67. The Labute approximate surface area is 118 Å². The lowest BCUT2D eigenvalue weighted by Crippen LogP contribution is -2.30. The van der Waals surface area contributed by atoms with Gasteiger partial charge >= 0.3 is 0 Å². The molecule has 1 aliphatic rings. The van der Waals surface area contributed by atoms with Crippen LogP contribution in [0, 0.1) is 0 Å². The Morgan fingerprint density at radius 3 is 3.00 bits per heavy atom. The topological polar surface area (TPSA) is 29.9 Å². The third kappa shape index (κ3) is 2.64. The fraction of sp³-hybridized carbons (Fsp3) is 0.786. The summed E-state index contributed by atoms with van der Waals surface area (Å²) in [6, 6.07) is 0.669. The minimum absolute atomic E-state index is 0.261. The van der Waals surface area contributed by atoms with Crippen LogP contribution < -0.4 is 5.32 Å². The first kappa shape index (κ1) is 14.1. The van der Waals surface area contributed by atoms with Crippen molar-refractivity contribution in [3.63, 3.8) is 0 Å². The van der Waals surface area contributed by atoms with Crippen molar-refractivity contribution in [2.24, 2.45) is 0 Å². The molecule has 0 bridgehead atoms. The summed E-state index contributed by atoms with van der Waals surface area (Å²) in [6.07, 6.45) is 6.90. The van der Waals surface area contributed by atoms with Crippen LogP contribution in [0.3, 0.4) is 0 Å². The Hall–Kier alpha value is -0.350. The highest BCUT2D eigenvalue weighted by Gasteiger charge is 2.39. The largest absolute Gasteiger partial charge is 0.314 e. The van der Waals surface area contributed by atoms with E-state index in [0.717, 1.165) is 13.1 Å². The number of nitrogens with zero attached hydrogens (tertiary/aromatic N) is 2. The number of halogens is 1. The third-order valence-electron chi connectivity index (χ3n) is 4.09. The maximum Gasteiger partial charge on any atom is 0.0635 e. The average molecular weight is 314 g/mol. The number of aryl methyl sites for hydroxylation is 1. The normalized spacial score (nSPS) is 27.9. The quantitative estimate of drug-likeness (QED) is 0.902. The van der Waals surface area contributed by atoms with Crippen LogP contribution in [-0.4, -0.2) is 22.4 Å². The van der Waals surface area contributed by atoms with E-state index in [9.17, 15) is 0 Å². The van der Waals surface area contributed by atoms with Crippen molar-refractivity contribution in [3.8, 4) is 0 Å². The Morgan fingerprint density at radius 2 is 2.33 bits per heavy atom. The van der Waals surface area contributed by atoms with Gasteiger partial charge < -0.3 is 5.32 Å². The van der Waals surface area contributed by atoms with Crippen LogP contribution in [0.25, 0.3) is 0 Å². The van der Waals surface area contributed by atoms with Gasteiger partial charge in [0.25, 0.3) is 0 Å². The molecule has 0 aliphatic heterocycles. The van der Waals surface area contributed by atoms with Crippen molar-refractivity contribution in [1.29, 1.82) is 0 Å². The predicted molar refractivity (Wildman–Crippen MR) is 78.9 cm³/mol. The van der Waals surface area contributed by atoms with Crippen molar-refractivity contribution < 1.29 is 0 Å². The van der Waals surface area contributed by atoms with E-state index in [1.165, 1.54) is 35.8 Å². The number of nitrogens with one attached hydrogen (secondary N) is 1. The fourth-order valence-electron chi connectivity index (χ4n) is 3.18. The number of rotatable bonds is 5. The number of hydrogen-bond donors (Lipinski definition) is 1. The summed E-state index contributed by atoms with van der Waals surface area (Å²) in [7, 11) is 0. The molecule has 0 spiro atoms. The van der Waals surface area contributed by atoms with E-state index in [-0.39, 0.29) is 5.41 Å². The summed E-state index contributed by atoms with van der Waals surface area (Å²) in [5, 5.41) is 8.12. The molecule has 1 aliphatic carbocycles. The second-order valence-electron chi connectivity index (χ2n) is 5.61. The zero-order valence-corrected chi connectivity index (χ0v) is 13.3. The molecule has 1 aromatic heterocycles. The van der Waals surface area contributed by atoms with Crippen LogP contribution >= 0.6 is 15.9 Å². The van der Waals surface area contributed by atoms with Gasteiger partial charge in [-0.3, -0.25) is 4.68 Å². The molecule has 3 nitrogen and oxygen atoms in total. The standard InChI is InChI=1S/C14H24BrN3/c1-4-8-16-11-6-7-14(3,9-11)13-12(15)10-17-18(13)5-2/h10-11,16H,4-9H2,1-3H3. The molecule has 1 fully saturated rings. The number of hydrogen-bond acceptors (Lipinski definition) is 2. The van der Waals surface area contributed by atoms with Crippen LogP contribution in [0.1, 0.15) is 52.1 Å². The van der Waals surface area contributed by atoms with E-state index >= 15 is 0 Å². The molecule has 18 heavy (non-hydrogen) atoms.